The number of para-hydroxylation sites is 1. The van der Waals surface area contributed by atoms with Crippen molar-refractivity contribution in [1.82, 2.24) is 9.88 Å². The van der Waals surface area contributed by atoms with Gasteiger partial charge in [-0.15, -0.1) is 11.3 Å². The van der Waals surface area contributed by atoms with Crippen molar-refractivity contribution in [3.05, 3.63) is 53.0 Å². The number of likely N-dealkylation sites (tertiary alicyclic amines) is 1. The number of hydrogen-bond donors (Lipinski definition) is 0. The Morgan fingerprint density at radius 2 is 1.90 bits per heavy atom. The van der Waals surface area contributed by atoms with Crippen LogP contribution < -0.4 is 9.47 Å². The number of thiazole rings is 1. The maximum atomic E-state index is 12.9. The lowest BCUT2D eigenvalue weighted by Crippen LogP contribution is -2.30. The zero-order chi connectivity index (χ0) is 21.1. The lowest BCUT2D eigenvalue weighted by molar-refractivity contribution is -0.132. The van der Waals surface area contributed by atoms with Gasteiger partial charge in [0.2, 0.25) is 5.91 Å². The molecule has 0 bridgehead atoms. The molecule has 1 fully saturated rings. The van der Waals surface area contributed by atoms with Crippen LogP contribution in [0.15, 0.2) is 42.5 Å². The summed E-state index contributed by atoms with van der Waals surface area (Å²) < 4.78 is 11.6. The molecule has 156 valence electrons. The van der Waals surface area contributed by atoms with Crippen LogP contribution in [0, 0.1) is 0 Å². The van der Waals surface area contributed by atoms with E-state index in [0.29, 0.717) is 23.6 Å². The standard InChI is InChI=1S/C23H24N2O4S/c1-28-19-11-9-15(14-20(19)29-2)18(26)10-12-22(27)25-13-5-7-17(25)23-24-16-6-3-4-8-21(16)30-23/h3-4,6,8-9,11,14,17H,5,7,10,12-13H2,1-2H3. The number of Topliss-reactive ketones (excluding diaryl/α,β-unsaturated/α-hetero) is 1. The lowest BCUT2D eigenvalue weighted by Gasteiger charge is -2.23. The zero-order valence-electron chi connectivity index (χ0n) is 17.1. The highest BCUT2D eigenvalue weighted by Gasteiger charge is 2.32. The average molecular weight is 425 g/mol. The normalized spacial score (nSPS) is 16.1. The fraction of sp³-hybridized carbons (Fsp3) is 0.348. The third kappa shape index (κ3) is 4.03. The van der Waals surface area contributed by atoms with E-state index in [1.807, 2.05) is 23.1 Å². The van der Waals surface area contributed by atoms with Crippen LogP contribution in [0.25, 0.3) is 10.2 Å². The summed E-state index contributed by atoms with van der Waals surface area (Å²) in [7, 11) is 3.08. The third-order valence-electron chi connectivity index (χ3n) is 5.44. The number of aromatic nitrogens is 1. The predicted molar refractivity (Wildman–Crippen MR) is 116 cm³/mol. The van der Waals surface area contributed by atoms with E-state index in [0.717, 1.165) is 28.1 Å². The molecule has 1 amide bonds. The van der Waals surface area contributed by atoms with Gasteiger partial charge >= 0.3 is 0 Å². The number of ketones is 1. The smallest absolute Gasteiger partial charge is 0.223 e. The second kappa shape index (κ2) is 8.83. The lowest BCUT2D eigenvalue weighted by atomic mass is 10.1. The van der Waals surface area contributed by atoms with Crippen LogP contribution in [0.1, 0.15) is 47.1 Å². The first-order valence-corrected chi connectivity index (χ1v) is 10.8. The first-order chi connectivity index (χ1) is 14.6. The third-order valence-corrected chi connectivity index (χ3v) is 6.58. The highest BCUT2D eigenvalue weighted by molar-refractivity contribution is 7.18. The second-order valence-corrected chi connectivity index (χ2v) is 8.32. The molecule has 1 saturated heterocycles. The van der Waals surface area contributed by atoms with Gasteiger partial charge in [-0.1, -0.05) is 12.1 Å². The highest BCUT2D eigenvalue weighted by Crippen LogP contribution is 2.37. The van der Waals surface area contributed by atoms with Crippen molar-refractivity contribution in [2.75, 3.05) is 20.8 Å². The minimum Gasteiger partial charge on any atom is -0.493 e. The van der Waals surface area contributed by atoms with Crippen molar-refractivity contribution in [3.8, 4) is 11.5 Å². The molecule has 6 nitrogen and oxygen atoms in total. The van der Waals surface area contributed by atoms with Crippen LogP contribution in [0.4, 0.5) is 0 Å². The summed E-state index contributed by atoms with van der Waals surface area (Å²) in [5, 5.41) is 0.980. The molecule has 0 spiro atoms. The van der Waals surface area contributed by atoms with Crippen LogP contribution in [0.3, 0.4) is 0 Å². The number of ether oxygens (including phenoxy) is 2. The number of nitrogens with zero attached hydrogens (tertiary/aromatic N) is 2. The summed E-state index contributed by atoms with van der Waals surface area (Å²) in [4.78, 5) is 32.2. The van der Waals surface area contributed by atoms with E-state index in [4.69, 9.17) is 14.5 Å². The van der Waals surface area contributed by atoms with Gasteiger partial charge in [0.25, 0.3) is 0 Å². The van der Waals surface area contributed by atoms with Gasteiger partial charge in [-0.25, -0.2) is 4.98 Å². The van der Waals surface area contributed by atoms with E-state index in [9.17, 15) is 9.59 Å². The minimum absolute atomic E-state index is 0.00517. The van der Waals surface area contributed by atoms with Gasteiger partial charge in [-0.3, -0.25) is 9.59 Å². The molecule has 0 aliphatic carbocycles. The average Bonchev–Trinajstić information content (AvgIpc) is 3.43. The Bertz CT molecular complexity index is 1050. The molecule has 1 aliphatic rings. The van der Waals surface area contributed by atoms with Crippen molar-refractivity contribution in [2.24, 2.45) is 0 Å². The van der Waals surface area contributed by atoms with E-state index >= 15 is 0 Å². The number of methoxy groups -OCH3 is 2. The Labute approximate surface area is 179 Å². The molecule has 0 N–H and O–H groups in total. The highest BCUT2D eigenvalue weighted by atomic mass is 32.1. The molecule has 2 aromatic carbocycles. The van der Waals surface area contributed by atoms with Crippen LogP contribution in [-0.2, 0) is 4.79 Å². The zero-order valence-corrected chi connectivity index (χ0v) is 17.9. The number of benzene rings is 2. The fourth-order valence-electron chi connectivity index (χ4n) is 3.87. The summed E-state index contributed by atoms with van der Waals surface area (Å²) in [5.74, 6) is 0.997. The summed E-state index contributed by atoms with van der Waals surface area (Å²) >= 11 is 1.65. The molecule has 2 heterocycles. The first-order valence-electron chi connectivity index (χ1n) is 10.0. The van der Waals surface area contributed by atoms with E-state index in [-0.39, 0.29) is 30.6 Å². The summed E-state index contributed by atoms with van der Waals surface area (Å²) in [6.07, 6.45) is 2.22. The fourth-order valence-corrected chi connectivity index (χ4v) is 4.99. The van der Waals surface area contributed by atoms with Crippen molar-refractivity contribution >= 4 is 33.2 Å². The monoisotopic (exact) mass is 424 g/mol. The molecule has 3 aromatic rings. The molecule has 4 rings (SSSR count). The maximum Gasteiger partial charge on any atom is 0.223 e. The number of carbonyl (C=O) groups is 2. The number of carbonyl (C=O) groups excluding carboxylic acids is 2. The van der Waals surface area contributed by atoms with Crippen molar-refractivity contribution in [1.29, 1.82) is 0 Å². The minimum atomic E-state index is -0.0833. The van der Waals surface area contributed by atoms with Gasteiger partial charge in [-0.2, -0.15) is 0 Å². The molecule has 1 aromatic heterocycles. The Balaban J connectivity index is 1.42. The Morgan fingerprint density at radius 3 is 2.67 bits per heavy atom. The topological polar surface area (TPSA) is 68.7 Å². The molecule has 0 saturated carbocycles. The SMILES string of the molecule is COc1ccc(C(=O)CCC(=O)N2CCCC2c2nc3ccccc3s2)cc1OC. The molecule has 30 heavy (non-hydrogen) atoms. The molecule has 1 atom stereocenters. The Hall–Kier alpha value is -2.93. The molecular weight excluding hydrogens is 400 g/mol. The quantitative estimate of drug-likeness (QED) is 0.517. The van der Waals surface area contributed by atoms with E-state index in [1.165, 1.54) is 7.11 Å². The number of hydrogen-bond acceptors (Lipinski definition) is 6. The van der Waals surface area contributed by atoms with Crippen LogP contribution in [0.2, 0.25) is 0 Å². The maximum absolute atomic E-state index is 12.9. The molecule has 0 radical (unpaired) electrons. The van der Waals surface area contributed by atoms with E-state index in [2.05, 4.69) is 6.07 Å². The van der Waals surface area contributed by atoms with Gasteiger partial charge in [0.15, 0.2) is 17.3 Å². The summed E-state index contributed by atoms with van der Waals surface area (Å²) in [6, 6.07) is 13.1. The van der Waals surface area contributed by atoms with Crippen LogP contribution in [0.5, 0.6) is 11.5 Å². The Morgan fingerprint density at radius 1 is 1.10 bits per heavy atom. The number of rotatable bonds is 7. The van der Waals surface area contributed by atoms with Crippen LogP contribution in [-0.4, -0.2) is 42.3 Å². The molecular formula is C23H24N2O4S. The van der Waals surface area contributed by atoms with Gasteiger partial charge < -0.3 is 14.4 Å². The molecule has 1 unspecified atom stereocenters. The van der Waals surface area contributed by atoms with Crippen molar-refractivity contribution in [3.63, 3.8) is 0 Å². The largest absolute Gasteiger partial charge is 0.493 e. The van der Waals surface area contributed by atoms with Gasteiger partial charge in [0, 0.05) is 24.9 Å². The predicted octanol–water partition coefficient (Wildman–Crippen LogP) is 4.64. The summed E-state index contributed by atoms with van der Waals surface area (Å²) in [5.41, 5.74) is 1.49. The molecule has 7 heteroatoms. The summed E-state index contributed by atoms with van der Waals surface area (Å²) in [6.45, 7) is 0.712. The van der Waals surface area contributed by atoms with Crippen molar-refractivity contribution in [2.45, 2.75) is 31.7 Å². The van der Waals surface area contributed by atoms with Gasteiger partial charge in [0.1, 0.15) is 5.01 Å². The van der Waals surface area contributed by atoms with Crippen molar-refractivity contribution < 1.29 is 19.1 Å². The van der Waals surface area contributed by atoms with Gasteiger partial charge in [0.05, 0.1) is 30.5 Å². The first kappa shape index (κ1) is 20.3. The number of fused-ring (bicyclic) bond motifs is 1. The second-order valence-electron chi connectivity index (χ2n) is 7.26. The van der Waals surface area contributed by atoms with Crippen LogP contribution >= 0.6 is 11.3 Å². The molecule has 1 aliphatic heterocycles. The van der Waals surface area contributed by atoms with E-state index in [1.54, 1.807) is 36.6 Å². The van der Waals surface area contributed by atoms with Gasteiger partial charge in [-0.05, 0) is 43.2 Å². The Kier molecular flexibility index (Phi) is 5.99. The van der Waals surface area contributed by atoms with E-state index < -0.39 is 0 Å². The number of amides is 1.